The van der Waals surface area contributed by atoms with Crippen LogP contribution in [0.4, 0.5) is 0 Å². The third-order valence-corrected chi connectivity index (χ3v) is 4.43. The largest absolute Gasteiger partial charge is 0.330 e. The molecule has 3 aromatic rings. The van der Waals surface area contributed by atoms with E-state index in [1.54, 1.807) is 0 Å². The van der Waals surface area contributed by atoms with E-state index < -0.39 is 0 Å². The van der Waals surface area contributed by atoms with Gasteiger partial charge in [0.1, 0.15) is 0 Å². The molecule has 0 fully saturated rings. The van der Waals surface area contributed by atoms with Gasteiger partial charge in [-0.05, 0) is 46.9 Å². The van der Waals surface area contributed by atoms with Gasteiger partial charge in [-0.25, -0.2) is 4.98 Å². The molecule has 0 amide bonds. The van der Waals surface area contributed by atoms with Crippen LogP contribution < -0.4 is 0 Å². The maximum atomic E-state index is 5.99. The number of benzene rings is 2. The third kappa shape index (κ3) is 2.36. The van der Waals surface area contributed by atoms with Crippen LogP contribution in [0, 0.1) is 0 Å². The maximum Gasteiger partial charge on any atom is 0.0951 e. The van der Waals surface area contributed by atoms with Gasteiger partial charge in [-0.2, -0.15) is 0 Å². The summed E-state index contributed by atoms with van der Waals surface area (Å²) in [5, 5.41) is 0.764. The average molecular weight is 307 g/mol. The molecule has 0 saturated heterocycles. The van der Waals surface area contributed by atoms with Crippen LogP contribution in [0.25, 0.3) is 11.6 Å². The summed E-state index contributed by atoms with van der Waals surface area (Å²) >= 11 is 5.99. The fourth-order valence-corrected chi connectivity index (χ4v) is 3.24. The van der Waals surface area contributed by atoms with Gasteiger partial charge >= 0.3 is 0 Å². The van der Waals surface area contributed by atoms with Crippen molar-refractivity contribution < 1.29 is 0 Å². The van der Waals surface area contributed by atoms with E-state index in [2.05, 4.69) is 52.0 Å². The summed E-state index contributed by atoms with van der Waals surface area (Å²) in [5.74, 6) is 0. The van der Waals surface area contributed by atoms with E-state index >= 15 is 0 Å². The Labute approximate surface area is 134 Å². The Hall–Kier alpha value is -2.32. The number of rotatable bonds is 2. The molecule has 1 aromatic heterocycles. The predicted molar refractivity (Wildman–Crippen MR) is 90.7 cm³/mol. The Morgan fingerprint density at radius 1 is 1.09 bits per heavy atom. The van der Waals surface area contributed by atoms with Crippen molar-refractivity contribution >= 4 is 23.3 Å². The molecule has 22 heavy (non-hydrogen) atoms. The lowest BCUT2D eigenvalue weighted by molar-refractivity contribution is 0.638. The van der Waals surface area contributed by atoms with Crippen molar-refractivity contribution in [2.45, 2.75) is 12.5 Å². The molecule has 1 aliphatic rings. The van der Waals surface area contributed by atoms with Gasteiger partial charge in [-0.15, -0.1) is 0 Å². The third-order valence-electron chi connectivity index (χ3n) is 4.18. The molecule has 0 saturated carbocycles. The van der Waals surface area contributed by atoms with Gasteiger partial charge < -0.3 is 4.57 Å². The minimum atomic E-state index is 0.301. The Bertz CT molecular complexity index is 817. The molecule has 4 rings (SSSR count). The fourth-order valence-electron chi connectivity index (χ4n) is 3.11. The standard InChI is InChI=1S/C19H15ClN2/c20-16-7-5-14(6-8-16)11-18-17-4-2-1-3-15(17)12-19(18)22-10-9-21-13-22/h1-11,13,19H,12H2/b18-11+. The van der Waals surface area contributed by atoms with E-state index in [1.807, 2.05) is 30.9 Å². The van der Waals surface area contributed by atoms with Crippen LogP contribution in [-0.4, -0.2) is 9.55 Å². The smallest absolute Gasteiger partial charge is 0.0951 e. The average Bonchev–Trinajstić information content (AvgIpc) is 3.18. The quantitative estimate of drug-likeness (QED) is 0.660. The SMILES string of the molecule is Clc1ccc(/C=C2\c3ccccc3CC2n2ccnc2)cc1. The molecular weight excluding hydrogens is 292 g/mol. The highest BCUT2D eigenvalue weighted by atomic mass is 35.5. The summed E-state index contributed by atoms with van der Waals surface area (Å²) in [6.45, 7) is 0. The summed E-state index contributed by atoms with van der Waals surface area (Å²) in [5.41, 5.74) is 5.22. The van der Waals surface area contributed by atoms with Crippen LogP contribution >= 0.6 is 11.6 Å². The summed E-state index contributed by atoms with van der Waals surface area (Å²) < 4.78 is 2.18. The first-order valence-electron chi connectivity index (χ1n) is 7.34. The number of imidazole rings is 1. The highest BCUT2D eigenvalue weighted by Crippen LogP contribution is 2.41. The zero-order valence-electron chi connectivity index (χ0n) is 12.0. The van der Waals surface area contributed by atoms with Gasteiger partial charge in [-0.1, -0.05) is 48.0 Å². The number of aromatic nitrogens is 2. The van der Waals surface area contributed by atoms with E-state index in [0.29, 0.717) is 6.04 Å². The van der Waals surface area contributed by atoms with Crippen molar-refractivity contribution in [3.63, 3.8) is 0 Å². The molecule has 3 heteroatoms. The van der Waals surface area contributed by atoms with E-state index in [-0.39, 0.29) is 0 Å². The molecule has 0 aliphatic heterocycles. The van der Waals surface area contributed by atoms with Crippen LogP contribution in [0.3, 0.4) is 0 Å². The number of hydrogen-bond acceptors (Lipinski definition) is 1. The van der Waals surface area contributed by atoms with Gasteiger partial charge in [0, 0.05) is 17.4 Å². The fraction of sp³-hybridized carbons (Fsp3) is 0.105. The molecule has 2 nitrogen and oxygen atoms in total. The molecule has 0 N–H and O–H groups in total. The summed E-state index contributed by atoms with van der Waals surface area (Å²) in [6, 6.07) is 16.9. The van der Waals surface area contributed by atoms with Gasteiger partial charge in [0.25, 0.3) is 0 Å². The first-order valence-corrected chi connectivity index (χ1v) is 7.72. The molecule has 1 unspecified atom stereocenters. The molecule has 1 heterocycles. The number of halogens is 1. The lowest BCUT2D eigenvalue weighted by atomic mass is 10.0. The normalized spacial score (nSPS) is 18.6. The highest BCUT2D eigenvalue weighted by molar-refractivity contribution is 6.30. The van der Waals surface area contributed by atoms with Gasteiger partial charge in [0.2, 0.25) is 0 Å². The van der Waals surface area contributed by atoms with Gasteiger partial charge in [0.15, 0.2) is 0 Å². The van der Waals surface area contributed by atoms with Gasteiger partial charge in [0.05, 0.1) is 12.4 Å². The number of fused-ring (bicyclic) bond motifs is 1. The Kier molecular flexibility index (Phi) is 3.32. The zero-order valence-corrected chi connectivity index (χ0v) is 12.7. The van der Waals surface area contributed by atoms with Crippen molar-refractivity contribution in [2.75, 3.05) is 0 Å². The lowest BCUT2D eigenvalue weighted by Crippen LogP contribution is -2.05. The minimum absolute atomic E-state index is 0.301. The van der Waals surface area contributed by atoms with Crippen molar-refractivity contribution in [2.24, 2.45) is 0 Å². The second-order valence-corrected chi connectivity index (χ2v) is 5.97. The van der Waals surface area contributed by atoms with E-state index in [4.69, 9.17) is 11.6 Å². The molecule has 1 aliphatic carbocycles. The van der Waals surface area contributed by atoms with Crippen LogP contribution in [0.15, 0.2) is 67.3 Å². The Morgan fingerprint density at radius 3 is 2.68 bits per heavy atom. The Morgan fingerprint density at radius 2 is 1.91 bits per heavy atom. The molecule has 2 aromatic carbocycles. The molecule has 0 spiro atoms. The van der Waals surface area contributed by atoms with Crippen molar-refractivity contribution in [1.29, 1.82) is 0 Å². The first kappa shape index (κ1) is 13.4. The monoisotopic (exact) mass is 306 g/mol. The number of nitrogens with zero attached hydrogens (tertiary/aromatic N) is 2. The summed E-state index contributed by atoms with van der Waals surface area (Å²) in [4.78, 5) is 4.20. The lowest BCUT2D eigenvalue weighted by Gasteiger charge is -2.14. The molecule has 0 radical (unpaired) electrons. The molecule has 0 bridgehead atoms. The van der Waals surface area contributed by atoms with Crippen molar-refractivity contribution in [3.05, 3.63) is 89.0 Å². The second-order valence-electron chi connectivity index (χ2n) is 5.54. The van der Waals surface area contributed by atoms with Crippen LogP contribution in [0.5, 0.6) is 0 Å². The second kappa shape index (κ2) is 5.47. The van der Waals surface area contributed by atoms with Gasteiger partial charge in [-0.3, -0.25) is 0 Å². The summed E-state index contributed by atoms with van der Waals surface area (Å²) in [6.07, 6.45) is 9.03. The predicted octanol–water partition coefficient (Wildman–Crippen LogP) is 4.87. The van der Waals surface area contributed by atoms with Crippen LogP contribution in [0.1, 0.15) is 22.7 Å². The summed E-state index contributed by atoms with van der Waals surface area (Å²) in [7, 11) is 0. The van der Waals surface area contributed by atoms with Crippen molar-refractivity contribution in [1.82, 2.24) is 9.55 Å². The van der Waals surface area contributed by atoms with Crippen molar-refractivity contribution in [3.8, 4) is 0 Å². The van der Waals surface area contributed by atoms with E-state index in [0.717, 1.165) is 11.4 Å². The van der Waals surface area contributed by atoms with E-state index in [1.165, 1.54) is 22.3 Å². The number of hydrogen-bond donors (Lipinski definition) is 0. The first-order chi connectivity index (χ1) is 10.8. The molecule has 108 valence electrons. The van der Waals surface area contributed by atoms with E-state index in [9.17, 15) is 0 Å². The van der Waals surface area contributed by atoms with Crippen LogP contribution in [0.2, 0.25) is 5.02 Å². The zero-order chi connectivity index (χ0) is 14.9. The number of allylic oxidation sites excluding steroid dienone is 1. The minimum Gasteiger partial charge on any atom is -0.330 e. The maximum absolute atomic E-state index is 5.99. The Balaban J connectivity index is 1.83. The van der Waals surface area contributed by atoms with Crippen LogP contribution in [-0.2, 0) is 6.42 Å². The highest BCUT2D eigenvalue weighted by Gasteiger charge is 2.27. The molecule has 1 atom stereocenters. The molecular formula is C19H15ClN2. The topological polar surface area (TPSA) is 17.8 Å².